The van der Waals surface area contributed by atoms with Crippen molar-refractivity contribution >= 4 is 33.8 Å². The molecular weight excluding hydrogens is 462 g/mol. The van der Waals surface area contributed by atoms with Crippen molar-refractivity contribution in [2.45, 2.75) is 6.42 Å². The van der Waals surface area contributed by atoms with Gasteiger partial charge in [0, 0.05) is 24.4 Å². The van der Waals surface area contributed by atoms with Gasteiger partial charge in [-0.25, -0.2) is 14.9 Å². The minimum absolute atomic E-state index is 0.226. The smallest absolute Gasteiger partial charge is 0.413 e. The molecule has 0 aliphatic carbocycles. The van der Waals surface area contributed by atoms with Crippen molar-refractivity contribution in [2.75, 3.05) is 26.2 Å². The Labute approximate surface area is 205 Å². The number of hydrogen-bond acceptors (Lipinski definition) is 6. The Kier molecular flexibility index (Phi) is 5.77. The molecule has 10 nitrogen and oxygen atoms in total. The quantitative estimate of drug-likeness (QED) is 0.328. The first kappa shape index (κ1) is 22.9. The number of carboxylic acid groups (broad SMARTS) is 1. The summed E-state index contributed by atoms with van der Waals surface area (Å²) in [5, 5.41) is 17.5. The molecule has 0 bridgehead atoms. The maximum absolute atomic E-state index is 12.2. The van der Waals surface area contributed by atoms with Gasteiger partial charge >= 0.3 is 6.09 Å². The first-order chi connectivity index (χ1) is 17.4. The Morgan fingerprint density at radius 1 is 1.06 bits per heavy atom. The molecule has 0 atom stereocenters. The summed E-state index contributed by atoms with van der Waals surface area (Å²) < 4.78 is 11.3. The molecule has 5 rings (SSSR count). The molecule has 3 N–H and O–H groups in total. The zero-order chi connectivity index (χ0) is 25.4. The number of methoxy groups -OCH3 is 2. The molecule has 2 heterocycles. The zero-order valence-electron chi connectivity index (χ0n) is 19.8. The number of nitrogens with zero attached hydrogens (tertiary/aromatic N) is 3. The number of nitrogens with one attached hydrogen (secondary N) is 2. The normalized spacial score (nSPS) is 11.1. The lowest BCUT2D eigenvalue weighted by molar-refractivity contribution is 0.203. The van der Waals surface area contributed by atoms with Crippen molar-refractivity contribution in [3.63, 3.8) is 0 Å². The first-order valence-electron chi connectivity index (χ1n) is 11.1. The van der Waals surface area contributed by atoms with E-state index in [0.717, 1.165) is 32.7 Å². The summed E-state index contributed by atoms with van der Waals surface area (Å²) in [7, 11) is 4.57. The summed E-state index contributed by atoms with van der Waals surface area (Å²) in [6, 6.07) is 16.8. The van der Waals surface area contributed by atoms with E-state index < -0.39 is 6.09 Å². The molecule has 0 aliphatic heterocycles. The number of hydrogen-bond donors (Lipinski definition) is 3. The van der Waals surface area contributed by atoms with E-state index in [4.69, 9.17) is 9.47 Å². The topological polar surface area (TPSA) is 133 Å². The Balaban J connectivity index is 1.62. The number of aromatic nitrogens is 4. The summed E-state index contributed by atoms with van der Waals surface area (Å²) >= 11 is 0. The lowest BCUT2D eigenvalue weighted by atomic mass is 9.97. The highest BCUT2D eigenvalue weighted by Gasteiger charge is 2.18. The van der Waals surface area contributed by atoms with Crippen LogP contribution in [0.5, 0.6) is 11.5 Å². The third-order valence-electron chi connectivity index (χ3n) is 6.07. The number of benzene rings is 3. The highest BCUT2D eigenvalue weighted by molar-refractivity contribution is 5.90. The van der Waals surface area contributed by atoms with Gasteiger partial charge in [0.25, 0.3) is 5.56 Å². The van der Waals surface area contributed by atoms with Crippen LogP contribution in [0.25, 0.3) is 32.9 Å². The third-order valence-corrected chi connectivity index (χ3v) is 6.07. The van der Waals surface area contributed by atoms with Gasteiger partial charge in [-0.3, -0.25) is 9.69 Å². The number of carbonyl (C=O) groups is 1. The van der Waals surface area contributed by atoms with Gasteiger partial charge in [0.15, 0.2) is 11.5 Å². The monoisotopic (exact) mass is 485 g/mol. The van der Waals surface area contributed by atoms with Gasteiger partial charge in [-0.2, -0.15) is 5.10 Å². The molecule has 0 unspecified atom stereocenters. The minimum atomic E-state index is -1.11. The molecule has 0 fully saturated rings. The lowest BCUT2D eigenvalue weighted by Crippen LogP contribution is -2.24. The molecule has 0 saturated carbocycles. The van der Waals surface area contributed by atoms with Crippen molar-refractivity contribution in [1.82, 2.24) is 20.2 Å². The Morgan fingerprint density at radius 3 is 2.56 bits per heavy atom. The molecule has 0 aliphatic rings. The second kappa shape index (κ2) is 9.06. The third kappa shape index (κ3) is 3.98. The van der Waals surface area contributed by atoms with Crippen molar-refractivity contribution in [3.8, 4) is 22.6 Å². The summed E-state index contributed by atoms with van der Waals surface area (Å²) in [6.07, 6.45) is -0.667. The van der Waals surface area contributed by atoms with Crippen molar-refractivity contribution in [1.29, 1.82) is 0 Å². The van der Waals surface area contributed by atoms with Gasteiger partial charge in [-0.1, -0.05) is 24.3 Å². The van der Waals surface area contributed by atoms with Crippen LogP contribution in [0.1, 0.15) is 11.3 Å². The van der Waals surface area contributed by atoms with E-state index in [1.165, 1.54) is 7.05 Å². The second-order valence-corrected chi connectivity index (χ2v) is 8.23. The van der Waals surface area contributed by atoms with Gasteiger partial charge in [0.1, 0.15) is 0 Å². The van der Waals surface area contributed by atoms with E-state index in [2.05, 4.69) is 20.2 Å². The number of anilines is 1. The van der Waals surface area contributed by atoms with Crippen LogP contribution in [-0.2, 0) is 6.42 Å². The molecule has 182 valence electrons. The minimum Gasteiger partial charge on any atom is -0.493 e. The predicted molar refractivity (Wildman–Crippen MR) is 136 cm³/mol. The number of rotatable bonds is 6. The number of H-pyrrole nitrogens is 2. The number of aromatic amines is 2. The second-order valence-electron chi connectivity index (χ2n) is 8.23. The van der Waals surface area contributed by atoms with Crippen LogP contribution in [0.2, 0.25) is 0 Å². The SMILES string of the molecule is COc1cc(Cc2n[nH]c(=O)c3ccccc23)cc(-c2ccc3[nH]c(N(C)C(=O)O)nc3c2)c1OC. The number of amides is 1. The maximum Gasteiger partial charge on any atom is 0.413 e. The lowest BCUT2D eigenvalue weighted by Gasteiger charge is -2.16. The highest BCUT2D eigenvalue weighted by atomic mass is 16.5. The predicted octanol–water partition coefficient (Wildman–Crippen LogP) is 4.19. The number of fused-ring (bicyclic) bond motifs is 2. The molecule has 0 spiro atoms. The molecular formula is C26H23N5O5. The molecule has 36 heavy (non-hydrogen) atoms. The Bertz CT molecular complexity index is 1670. The summed E-state index contributed by atoms with van der Waals surface area (Å²) in [5.74, 6) is 1.33. The van der Waals surface area contributed by atoms with Crippen molar-refractivity contribution < 1.29 is 19.4 Å². The van der Waals surface area contributed by atoms with Crippen LogP contribution in [-0.4, -0.2) is 52.6 Å². The van der Waals surface area contributed by atoms with E-state index in [0.29, 0.717) is 34.3 Å². The number of ether oxygens (including phenoxy) is 2. The zero-order valence-corrected chi connectivity index (χ0v) is 19.8. The van der Waals surface area contributed by atoms with E-state index >= 15 is 0 Å². The van der Waals surface area contributed by atoms with Crippen molar-refractivity contribution in [2.24, 2.45) is 0 Å². The van der Waals surface area contributed by atoms with Crippen LogP contribution in [0.3, 0.4) is 0 Å². The van der Waals surface area contributed by atoms with Crippen LogP contribution in [0, 0.1) is 0 Å². The Morgan fingerprint density at radius 2 is 1.83 bits per heavy atom. The van der Waals surface area contributed by atoms with E-state index in [-0.39, 0.29) is 11.5 Å². The summed E-state index contributed by atoms with van der Waals surface area (Å²) in [6.45, 7) is 0. The van der Waals surface area contributed by atoms with Gasteiger partial charge in [-0.05, 0) is 41.5 Å². The Hall–Kier alpha value is -4.86. The molecule has 5 aromatic rings. The maximum atomic E-state index is 12.2. The fourth-order valence-corrected chi connectivity index (χ4v) is 4.25. The molecule has 0 saturated heterocycles. The van der Waals surface area contributed by atoms with Gasteiger partial charge in [0.05, 0.1) is 36.3 Å². The average Bonchev–Trinajstić information content (AvgIpc) is 3.32. The van der Waals surface area contributed by atoms with Crippen LogP contribution in [0.4, 0.5) is 10.7 Å². The summed E-state index contributed by atoms with van der Waals surface area (Å²) in [5.41, 5.74) is 4.30. The molecule has 2 aromatic heterocycles. The van der Waals surface area contributed by atoms with Crippen LogP contribution in [0.15, 0.2) is 59.4 Å². The molecule has 0 radical (unpaired) electrons. The molecule has 1 amide bonds. The fourth-order valence-electron chi connectivity index (χ4n) is 4.25. The molecule has 3 aromatic carbocycles. The van der Waals surface area contributed by atoms with Gasteiger partial charge in [0.2, 0.25) is 5.95 Å². The first-order valence-corrected chi connectivity index (χ1v) is 11.1. The van der Waals surface area contributed by atoms with Crippen LogP contribution >= 0.6 is 0 Å². The van der Waals surface area contributed by atoms with Crippen molar-refractivity contribution in [3.05, 3.63) is 76.2 Å². The van der Waals surface area contributed by atoms with E-state index in [9.17, 15) is 14.7 Å². The highest BCUT2D eigenvalue weighted by Crippen LogP contribution is 2.40. The largest absolute Gasteiger partial charge is 0.493 e. The van der Waals surface area contributed by atoms with E-state index in [1.807, 2.05) is 48.5 Å². The van der Waals surface area contributed by atoms with E-state index in [1.54, 1.807) is 20.3 Å². The fraction of sp³-hybridized carbons (Fsp3) is 0.154. The standard InChI is InChI=1S/C26H23N5O5/c1-31(26(33)34)25-27-19-9-8-15(13-21(19)28-25)18-10-14(12-22(35-2)23(18)36-3)11-20-16-6-4-5-7-17(16)24(32)30-29-20/h4-10,12-13H,11H2,1-3H3,(H,27,28)(H,30,32)(H,33,34). The summed E-state index contributed by atoms with van der Waals surface area (Å²) in [4.78, 5) is 32.0. The van der Waals surface area contributed by atoms with Gasteiger partial charge in [-0.15, -0.1) is 0 Å². The number of imidazole rings is 1. The van der Waals surface area contributed by atoms with Crippen LogP contribution < -0.4 is 19.9 Å². The van der Waals surface area contributed by atoms with Gasteiger partial charge < -0.3 is 19.6 Å². The average molecular weight is 486 g/mol. The molecule has 10 heteroatoms.